The van der Waals surface area contributed by atoms with Crippen LogP contribution in [-0.4, -0.2) is 4.98 Å². The van der Waals surface area contributed by atoms with Gasteiger partial charge >= 0.3 is 0 Å². The van der Waals surface area contributed by atoms with Crippen LogP contribution in [0.1, 0.15) is 0 Å². The SMILES string of the molecule is Nc1ccc2nc3cc(Nc4ccccc4)c(Nc4ccccc4)cc3[n+](-c3ccccc3)c2c1.[Cl-]. The molecule has 6 heteroatoms. The molecular weight excluding hydrogens is 466 g/mol. The van der Waals surface area contributed by atoms with Crippen molar-refractivity contribution >= 4 is 50.5 Å². The molecule has 0 atom stereocenters. The second-order valence-electron chi connectivity index (χ2n) is 8.40. The van der Waals surface area contributed by atoms with E-state index in [0.29, 0.717) is 5.69 Å². The zero-order chi connectivity index (χ0) is 23.6. The van der Waals surface area contributed by atoms with Crippen molar-refractivity contribution in [1.29, 1.82) is 0 Å². The highest BCUT2D eigenvalue weighted by atomic mass is 35.5. The van der Waals surface area contributed by atoms with Crippen LogP contribution in [0.3, 0.4) is 0 Å². The molecule has 0 bridgehead atoms. The van der Waals surface area contributed by atoms with E-state index in [2.05, 4.69) is 63.7 Å². The standard InChI is InChI=1S/C30H23N5.ClH/c31-21-16-17-25-29(18-21)35(24-14-8-3-9-15-24)30-20-27(33-23-12-6-2-7-13-23)26(19-28(30)34-25)32-22-10-4-1-5-11-22;/h1-20H,(H3,31,32,33,34);1H. The molecule has 0 aliphatic carbocycles. The molecule has 0 saturated heterocycles. The van der Waals surface area contributed by atoms with Crippen LogP contribution in [-0.2, 0) is 0 Å². The van der Waals surface area contributed by atoms with Crippen LogP contribution in [0.4, 0.5) is 28.4 Å². The molecule has 5 aromatic carbocycles. The number of rotatable bonds is 5. The fourth-order valence-electron chi connectivity index (χ4n) is 4.34. The maximum absolute atomic E-state index is 6.19. The maximum Gasteiger partial charge on any atom is 0.239 e. The predicted octanol–water partition coefficient (Wildman–Crippen LogP) is 3.74. The van der Waals surface area contributed by atoms with E-state index in [-0.39, 0.29) is 12.4 Å². The van der Waals surface area contributed by atoms with Gasteiger partial charge in [0.15, 0.2) is 0 Å². The predicted molar refractivity (Wildman–Crippen MR) is 145 cm³/mol. The highest BCUT2D eigenvalue weighted by molar-refractivity contribution is 5.92. The van der Waals surface area contributed by atoms with Gasteiger partial charge < -0.3 is 28.8 Å². The van der Waals surface area contributed by atoms with Gasteiger partial charge in [-0.15, -0.1) is 4.57 Å². The minimum atomic E-state index is 0. The van der Waals surface area contributed by atoms with Crippen LogP contribution in [0.2, 0.25) is 0 Å². The van der Waals surface area contributed by atoms with Crippen LogP contribution in [0.15, 0.2) is 121 Å². The molecule has 0 spiro atoms. The Labute approximate surface area is 215 Å². The number of nitrogens with zero attached hydrogens (tertiary/aromatic N) is 2. The smallest absolute Gasteiger partial charge is 0.239 e. The topological polar surface area (TPSA) is 66.8 Å². The molecular formula is C30H24ClN5. The Balaban J connectivity index is 0.00000267. The second kappa shape index (κ2) is 9.94. The van der Waals surface area contributed by atoms with Crippen molar-refractivity contribution in [2.45, 2.75) is 0 Å². The number of fused-ring (bicyclic) bond motifs is 2. The summed E-state index contributed by atoms with van der Waals surface area (Å²) in [6.45, 7) is 0. The Morgan fingerprint density at radius 3 is 1.69 bits per heavy atom. The van der Waals surface area contributed by atoms with Gasteiger partial charge in [0.1, 0.15) is 11.0 Å². The average Bonchev–Trinajstić information content (AvgIpc) is 2.90. The molecule has 0 unspecified atom stereocenters. The molecule has 0 fully saturated rings. The minimum absolute atomic E-state index is 0. The van der Waals surface area contributed by atoms with Crippen molar-refractivity contribution < 1.29 is 17.0 Å². The van der Waals surface area contributed by atoms with Gasteiger partial charge in [-0.05, 0) is 42.5 Å². The molecule has 6 rings (SSSR count). The molecule has 6 aromatic rings. The first kappa shape index (κ1) is 23.1. The molecule has 1 aromatic heterocycles. The van der Waals surface area contributed by atoms with Crippen molar-refractivity contribution in [3.8, 4) is 5.69 Å². The number of nitrogen functional groups attached to an aromatic ring is 1. The zero-order valence-electron chi connectivity index (χ0n) is 19.4. The lowest BCUT2D eigenvalue weighted by molar-refractivity contribution is -0.538. The maximum atomic E-state index is 6.19. The Kier molecular flexibility index (Phi) is 6.39. The molecule has 5 nitrogen and oxygen atoms in total. The first-order valence-corrected chi connectivity index (χ1v) is 11.5. The van der Waals surface area contributed by atoms with Gasteiger partial charge in [-0.25, -0.2) is 4.98 Å². The van der Waals surface area contributed by atoms with E-state index in [1.165, 1.54) is 0 Å². The van der Waals surface area contributed by atoms with Crippen LogP contribution in [0, 0.1) is 0 Å². The summed E-state index contributed by atoms with van der Waals surface area (Å²) >= 11 is 0. The first-order valence-electron chi connectivity index (χ1n) is 11.5. The van der Waals surface area contributed by atoms with Gasteiger partial charge in [0, 0.05) is 41.3 Å². The molecule has 0 aliphatic rings. The number of nitrogens with one attached hydrogen (secondary N) is 2. The molecule has 176 valence electrons. The van der Waals surface area contributed by atoms with Gasteiger partial charge in [0.05, 0.1) is 11.4 Å². The normalized spacial score (nSPS) is 10.7. The van der Waals surface area contributed by atoms with E-state index in [1.807, 2.05) is 72.8 Å². The number of halogens is 1. The molecule has 4 N–H and O–H groups in total. The lowest BCUT2D eigenvalue weighted by Crippen LogP contribution is -3.00. The molecule has 36 heavy (non-hydrogen) atoms. The van der Waals surface area contributed by atoms with E-state index < -0.39 is 0 Å². The fourth-order valence-corrected chi connectivity index (χ4v) is 4.34. The van der Waals surface area contributed by atoms with E-state index in [1.54, 1.807) is 0 Å². The number of benzene rings is 5. The lowest BCUT2D eigenvalue weighted by atomic mass is 10.1. The summed E-state index contributed by atoms with van der Waals surface area (Å²) in [4.78, 5) is 5.01. The third kappa shape index (κ3) is 4.52. The van der Waals surface area contributed by atoms with E-state index in [4.69, 9.17) is 10.7 Å². The van der Waals surface area contributed by atoms with Gasteiger partial charge in [-0.2, -0.15) is 0 Å². The Morgan fingerprint density at radius 1 is 0.556 bits per heavy atom. The van der Waals surface area contributed by atoms with Crippen molar-refractivity contribution in [2.75, 3.05) is 16.4 Å². The molecule has 0 radical (unpaired) electrons. The highest BCUT2D eigenvalue weighted by Gasteiger charge is 2.22. The summed E-state index contributed by atoms with van der Waals surface area (Å²) in [6.07, 6.45) is 0. The summed E-state index contributed by atoms with van der Waals surface area (Å²) in [5.41, 5.74) is 15.5. The van der Waals surface area contributed by atoms with Gasteiger partial charge in [-0.1, -0.05) is 54.6 Å². The van der Waals surface area contributed by atoms with Crippen molar-refractivity contribution in [3.05, 3.63) is 121 Å². The Bertz CT molecular complexity index is 1640. The Hall–Kier alpha value is -4.61. The lowest BCUT2D eigenvalue weighted by Gasteiger charge is -2.15. The molecule has 0 saturated carbocycles. The van der Waals surface area contributed by atoms with E-state index in [0.717, 1.165) is 50.5 Å². The summed E-state index contributed by atoms with van der Waals surface area (Å²) in [5.74, 6) is 0. The molecule has 1 heterocycles. The summed E-state index contributed by atoms with van der Waals surface area (Å²) in [5, 5.41) is 7.16. The van der Waals surface area contributed by atoms with E-state index in [9.17, 15) is 0 Å². The summed E-state index contributed by atoms with van der Waals surface area (Å²) in [7, 11) is 0. The number of anilines is 5. The number of hydrogen-bond donors (Lipinski definition) is 3. The highest BCUT2D eigenvalue weighted by Crippen LogP contribution is 2.33. The molecule has 0 aliphatic heterocycles. The third-order valence-corrected chi connectivity index (χ3v) is 5.96. The van der Waals surface area contributed by atoms with Crippen molar-refractivity contribution in [3.63, 3.8) is 0 Å². The summed E-state index contributed by atoms with van der Waals surface area (Å²) in [6, 6.07) is 40.7. The summed E-state index contributed by atoms with van der Waals surface area (Å²) < 4.78 is 2.22. The fraction of sp³-hybridized carbons (Fsp3) is 0. The zero-order valence-corrected chi connectivity index (χ0v) is 20.2. The van der Waals surface area contributed by atoms with Crippen LogP contribution in [0.25, 0.3) is 27.8 Å². The quantitative estimate of drug-likeness (QED) is 0.196. The van der Waals surface area contributed by atoms with Gasteiger partial charge in [0.25, 0.3) is 0 Å². The first-order chi connectivity index (χ1) is 17.2. The van der Waals surface area contributed by atoms with Crippen LogP contribution >= 0.6 is 0 Å². The monoisotopic (exact) mass is 489 g/mol. The molecule has 0 amide bonds. The second-order valence-corrected chi connectivity index (χ2v) is 8.40. The van der Waals surface area contributed by atoms with Crippen molar-refractivity contribution in [1.82, 2.24) is 4.98 Å². The van der Waals surface area contributed by atoms with Gasteiger partial charge in [-0.3, -0.25) is 0 Å². The van der Waals surface area contributed by atoms with Crippen LogP contribution < -0.4 is 33.3 Å². The third-order valence-electron chi connectivity index (χ3n) is 5.96. The van der Waals surface area contributed by atoms with Gasteiger partial charge in [0.2, 0.25) is 16.7 Å². The number of aromatic nitrogens is 2. The largest absolute Gasteiger partial charge is 1.00 e. The number of nitrogens with two attached hydrogens (primary N) is 1. The van der Waals surface area contributed by atoms with E-state index >= 15 is 0 Å². The average molecular weight is 490 g/mol. The van der Waals surface area contributed by atoms with Crippen molar-refractivity contribution in [2.24, 2.45) is 0 Å². The number of hydrogen-bond acceptors (Lipinski definition) is 4. The Morgan fingerprint density at radius 2 is 1.08 bits per heavy atom. The number of para-hydroxylation sites is 3. The van der Waals surface area contributed by atoms with Crippen LogP contribution in [0.5, 0.6) is 0 Å². The minimum Gasteiger partial charge on any atom is -1.00 e.